The molecule has 0 amide bonds. The van der Waals surface area contributed by atoms with Crippen LogP contribution in [0.5, 0.6) is 0 Å². The molecule has 1 aliphatic rings. The Morgan fingerprint density at radius 1 is 1.41 bits per heavy atom. The predicted octanol–water partition coefficient (Wildman–Crippen LogP) is 3.97. The first-order valence-corrected chi connectivity index (χ1v) is 9.09. The van der Waals surface area contributed by atoms with E-state index in [9.17, 15) is 8.42 Å². The lowest BCUT2D eigenvalue weighted by molar-refractivity contribution is 0.580. The van der Waals surface area contributed by atoms with Gasteiger partial charge in [-0.1, -0.05) is 33.6 Å². The van der Waals surface area contributed by atoms with Gasteiger partial charge in [0.2, 0.25) is 0 Å². The zero-order chi connectivity index (χ0) is 12.6. The first-order valence-electron chi connectivity index (χ1n) is 5.18. The monoisotopic (exact) mass is 400 g/mol. The lowest BCUT2D eigenvalue weighted by Crippen LogP contribution is -2.10. The van der Waals surface area contributed by atoms with Crippen LogP contribution in [0.25, 0.3) is 0 Å². The Balaban J connectivity index is 2.20. The Kier molecular flexibility index (Phi) is 4.23. The van der Waals surface area contributed by atoms with Gasteiger partial charge in [-0.15, -0.1) is 0 Å². The zero-order valence-corrected chi connectivity index (χ0v) is 13.6. The molecule has 17 heavy (non-hydrogen) atoms. The summed E-state index contributed by atoms with van der Waals surface area (Å²) < 4.78 is 23.7. The number of halogens is 3. The number of sulfone groups is 1. The molecule has 0 radical (unpaired) electrons. The standard InChI is InChI=1S/C11H11Br2ClO2S/c12-9-5-7(1-2-10(9)14)11(13)8-3-4-17(15,16)6-8/h1-2,5,8,11H,3-4,6H2. The smallest absolute Gasteiger partial charge is 0.150 e. The molecule has 6 heteroatoms. The summed E-state index contributed by atoms with van der Waals surface area (Å²) >= 11 is 12.9. The molecule has 1 aromatic carbocycles. The maximum atomic E-state index is 11.4. The fourth-order valence-electron chi connectivity index (χ4n) is 2.01. The van der Waals surface area contributed by atoms with Gasteiger partial charge in [0.25, 0.3) is 0 Å². The van der Waals surface area contributed by atoms with Crippen LogP contribution in [0.1, 0.15) is 16.8 Å². The number of alkyl halides is 1. The highest BCUT2D eigenvalue weighted by Crippen LogP contribution is 2.39. The predicted molar refractivity (Wildman–Crippen MR) is 77.6 cm³/mol. The van der Waals surface area contributed by atoms with Crippen molar-refractivity contribution in [2.24, 2.45) is 5.92 Å². The molecule has 2 atom stereocenters. The molecule has 0 bridgehead atoms. The van der Waals surface area contributed by atoms with E-state index in [-0.39, 0.29) is 16.5 Å². The fourth-order valence-corrected chi connectivity index (χ4v) is 5.35. The molecule has 0 aromatic heterocycles. The second-order valence-corrected chi connectivity index (χ2v) is 8.72. The van der Waals surface area contributed by atoms with Crippen LogP contribution in [0.2, 0.25) is 5.02 Å². The number of rotatable bonds is 2. The third-order valence-corrected chi connectivity index (χ3v) is 7.23. The summed E-state index contributed by atoms with van der Waals surface area (Å²) in [5, 5.41) is 0.660. The summed E-state index contributed by atoms with van der Waals surface area (Å²) in [6.45, 7) is 0. The van der Waals surface area contributed by atoms with Gasteiger partial charge >= 0.3 is 0 Å². The van der Waals surface area contributed by atoms with Crippen LogP contribution in [0, 0.1) is 5.92 Å². The van der Waals surface area contributed by atoms with Gasteiger partial charge in [-0.25, -0.2) is 8.42 Å². The van der Waals surface area contributed by atoms with Gasteiger partial charge in [-0.3, -0.25) is 0 Å². The highest BCUT2D eigenvalue weighted by atomic mass is 79.9. The van der Waals surface area contributed by atoms with Crippen molar-refractivity contribution in [1.29, 1.82) is 0 Å². The van der Waals surface area contributed by atoms with Gasteiger partial charge in [0.15, 0.2) is 9.84 Å². The number of hydrogen-bond donors (Lipinski definition) is 0. The van der Waals surface area contributed by atoms with Crippen LogP contribution in [-0.4, -0.2) is 19.9 Å². The van der Waals surface area contributed by atoms with Crippen molar-refractivity contribution in [3.8, 4) is 0 Å². The third-order valence-electron chi connectivity index (χ3n) is 2.94. The average Bonchev–Trinajstić information content (AvgIpc) is 2.62. The van der Waals surface area contributed by atoms with E-state index in [4.69, 9.17) is 11.6 Å². The third kappa shape index (κ3) is 3.25. The maximum absolute atomic E-state index is 11.4. The quantitative estimate of drug-likeness (QED) is 0.702. The number of benzene rings is 1. The van der Waals surface area contributed by atoms with Gasteiger partial charge in [0.1, 0.15) is 0 Å². The minimum absolute atomic E-state index is 0.0633. The fraction of sp³-hybridized carbons (Fsp3) is 0.455. The van der Waals surface area contributed by atoms with E-state index >= 15 is 0 Å². The highest BCUT2D eigenvalue weighted by Gasteiger charge is 2.33. The van der Waals surface area contributed by atoms with Gasteiger partial charge in [0.05, 0.1) is 16.5 Å². The maximum Gasteiger partial charge on any atom is 0.150 e. The van der Waals surface area contributed by atoms with E-state index in [2.05, 4.69) is 31.9 Å². The van der Waals surface area contributed by atoms with E-state index in [0.29, 0.717) is 10.8 Å². The Hall–Kier alpha value is 0.420. The molecular formula is C11H11Br2ClO2S. The lowest BCUT2D eigenvalue weighted by Gasteiger charge is -2.16. The molecule has 2 rings (SSSR count). The first kappa shape index (κ1) is 13.8. The molecule has 0 spiro atoms. The van der Waals surface area contributed by atoms with Crippen molar-refractivity contribution in [1.82, 2.24) is 0 Å². The van der Waals surface area contributed by atoms with Crippen molar-refractivity contribution in [2.75, 3.05) is 11.5 Å². The van der Waals surface area contributed by atoms with Crippen molar-refractivity contribution in [3.63, 3.8) is 0 Å². The summed E-state index contributed by atoms with van der Waals surface area (Å²) in [4.78, 5) is 0.0633. The zero-order valence-electron chi connectivity index (χ0n) is 8.87. The van der Waals surface area contributed by atoms with Crippen molar-refractivity contribution >= 4 is 53.3 Å². The van der Waals surface area contributed by atoms with E-state index in [1.54, 1.807) is 0 Å². The van der Waals surface area contributed by atoms with Crippen LogP contribution in [0.15, 0.2) is 22.7 Å². The van der Waals surface area contributed by atoms with Crippen LogP contribution in [0.4, 0.5) is 0 Å². The molecule has 1 heterocycles. The van der Waals surface area contributed by atoms with Crippen molar-refractivity contribution in [3.05, 3.63) is 33.3 Å². The second kappa shape index (κ2) is 5.19. The first-order chi connectivity index (χ1) is 7.89. The minimum atomic E-state index is -2.83. The Labute approximate surface area is 123 Å². The van der Waals surface area contributed by atoms with Gasteiger partial charge < -0.3 is 0 Å². The molecule has 0 N–H and O–H groups in total. The normalized spacial score (nSPS) is 24.8. The molecule has 94 valence electrons. The number of hydrogen-bond acceptors (Lipinski definition) is 2. The molecule has 1 saturated heterocycles. The molecule has 1 aromatic rings. The Morgan fingerprint density at radius 2 is 2.12 bits per heavy atom. The van der Waals surface area contributed by atoms with Crippen molar-refractivity contribution in [2.45, 2.75) is 11.2 Å². The molecule has 2 nitrogen and oxygen atoms in total. The minimum Gasteiger partial charge on any atom is -0.229 e. The van der Waals surface area contributed by atoms with E-state index < -0.39 is 9.84 Å². The SMILES string of the molecule is O=S1(=O)CCC(C(Br)c2ccc(Cl)c(Br)c2)C1. The summed E-state index contributed by atoms with van der Waals surface area (Å²) in [5.41, 5.74) is 1.06. The van der Waals surface area contributed by atoms with Gasteiger partial charge in [0, 0.05) is 9.30 Å². The topological polar surface area (TPSA) is 34.1 Å². The molecule has 1 fully saturated rings. The Bertz CT molecular complexity index is 530. The van der Waals surface area contributed by atoms with Crippen LogP contribution in [-0.2, 0) is 9.84 Å². The summed E-state index contributed by atoms with van der Waals surface area (Å²) in [6, 6.07) is 5.68. The summed E-state index contributed by atoms with van der Waals surface area (Å²) in [7, 11) is -2.83. The largest absolute Gasteiger partial charge is 0.229 e. The van der Waals surface area contributed by atoms with E-state index in [0.717, 1.165) is 16.5 Å². The van der Waals surface area contributed by atoms with Crippen LogP contribution >= 0.6 is 43.5 Å². The van der Waals surface area contributed by atoms with E-state index in [1.807, 2.05) is 18.2 Å². The summed E-state index contributed by atoms with van der Waals surface area (Å²) in [6.07, 6.45) is 0.721. The Morgan fingerprint density at radius 3 is 2.65 bits per heavy atom. The summed E-state index contributed by atoms with van der Waals surface area (Å²) in [5.74, 6) is 0.714. The molecular weight excluding hydrogens is 391 g/mol. The van der Waals surface area contributed by atoms with Gasteiger partial charge in [-0.05, 0) is 46.0 Å². The molecule has 0 saturated carbocycles. The lowest BCUT2D eigenvalue weighted by atomic mass is 9.99. The highest BCUT2D eigenvalue weighted by molar-refractivity contribution is 9.10. The molecule has 2 unspecified atom stereocenters. The van der Waals surface area contributed by atoms with Crippen LogP contribution < -0.4 is 0 Å². The molecule has 1 aliphatic heterocycles. The van der Waals surface area contributed by atoms with Gasteiger partial charge in [-0.2, -0.15) is 0 Å². The average molecular weight is 403 g/mol. The molecule has 0 aliphatic carbocycles. The van der Waals surface area contributed by atoms with E-state index in [1.165, 1.54) is 0 Å². The van der Waals surface area contributed by atoms with Crippen LogP contribution in [0.3, 0.4) is 0 Å². The van der Waals surface area contributed by atoms with Crippen molar-refractivity contribution < 1.29 is 8.42 Å². The second-order valence-electron chi connectivity index (χ2n) is 4.24.